The van der Waals surface area contributed by atoms with Crippen LogP contribution in [-0.4, -0.2) is 125 Å². The van der Waals surface area contributed by atoms with Gasteiger partial charge in [0.15, 0.2) is 0 Å². The Bertz CT molecular complexity index is 1850. The molecule has 0 saturated carbocycles. The number of carbonyl (C=O) groups excluding carboxylic acids is 2. The lowest BCUT2D eigenvalue weighted by molar-refractivity contribution is -0.130. The van der Waals surface area contributed by atoms with Crippen LogP contribution in [0.2, 0.25) is 10.0 Å². The van der Waals surface area contributed by atoms with Crippen LogP contribution in [0.15, 0.2) is 70.6 Å². The third kappa shape index (κ3) is 8.56. The van der Waals surface area contributed by atoms with E-state index in [2.05, 4.69) is 0 Å². The minimum absolute atomic E-state index is 0. The van der Waals surface area contributed by atoms with Crippen LogP contribution in [0, 0.1) is 0 Å². The standard InChI is InChI=1S/C35H42Cl2N6O6S.ClH/c1-7-49-28-21-29(48-6)30(50(46,47)40(4)5)20-27(28)34-38-32(23-8-12-25(36)13-9-23)33(24-10-14-26(37)15-11-24)43(34)35(45)42-18-16-41(17-19-42)22-31(44)39(2)3;/h8-15,20-21,32-33H,7,16-19,22H2,1-6H3;1H/t32-,33+;/m0./s1. The van der Waals surface area contributed by atoms with Gasteiger partial charge in [-0.25, -0.2) is 17.5 Å². The van der Waals surface area contributed by atoms with E-state index in [9.17, 15) is 18.0 Å². The quantitative estimate of drug-likeness (QED) is 0.269. The van der Waals surface area contributed by atoms with Gasteiger partial charge in [0.2, 0.25) is 15.9 Å². The monoisotopic (exact) mass is 780 g/mol. The Morgan fingerprint density at radius 1 is 0.882 bits per heavy atom. The summed E-state index contributed by atoms with van der Waals surface area (Å²) < 4.78 is 39.9. The molecule has 276 valence electrons. The first-order valence-corrected chi connectivity index (χ1v) is 18.3. The zero-order valence-electron chi connectivity index (χ0n) is 29.4. The van der Waals surface area contributed by atoms with Gasteiger partial charge in [-0.05, 0) is 48.4 Å². The molecular formula is C35H43Cl3N6O6S. The number of amidine groups is 1. The SMILES string of the molecule is CCOc1cc(OC)c(S(=O)(=O)N(C)C)cc1C1=N[C@@H](c2ccc(Cl)cc2)[C@@H](c2ccc(Cl)cc2)N1C(=O)N1CCN(CC(=O)N(C)C)CC1.Cl. The molecule has 0 N–H and O–H groups in total. The minimum Gasteiger partial charge on any atom is -0.495 e. The van der Waals surface area contributed by atoms with Gasteiger partial charge in [0.1, 0.15) is 28.3 Å². The average molecular weight is 782 g/mol. The summed E-state index contributed by atoms with van der Waals surface area (Å²) in [5.74, 6) is 0.617. The van der Waals surface area contributed by atoms with Crippen molar-refractivity contribution in [2.75, 3.05) is 74.6 Å². The van der Waals surface area contributed by atoms with E-state index < -0.39 is 22.1 Å². The van der Waals surface area contributed by atoms with Crippen molar-refractivity contribution in [1.82, 2.24) is 23.9 Å². The first kappa shape index (κ1) is 40.2. The number of aliphatic imine (C=N–C) groups is 1. The molecule has 3 aromatic carbocycles. The Labute approximate surface area is 316 Å². The van der Waals surface area contributed by atoms with Crippen LogP contribution >= 0.6 is 35.6 Å². The highest BCUT2D eigenvalue weighted by Gasteiger charge is 2.45. The number of piperazine rings is 1. The fourth-order valence-corrected chi connectivity index (χ4v) is 7.29. The fraction of sp³-hybridized carbons (Fsp3) is 0.400. The largest absolute Gasteiger partial charge is 0.495 e. The number of likely N-dealkylation sites (N-methyl/N-ethyl adjacent to an activating group) is 1. The number of halogens is 3. The molecule has 2 aliphatic rings. The first-order chi connectivity index (χ1) is 23.8. The number of benzene rings is 3. The second-order valence-corrected chi connectivity index (χ2v) is 15.4. The summed E-state index contributed by atoms with van der Waals surface area (Å²) in [5.41, 5.74) is 1.87. The summed E-state index contributed by atoms with van der Waals surface area (Å²) in [6.45, 7) is 4.04. The summed E-state index contributed by atoms with van der Waals surface area (Å²) in [6.07, 6.45) is 0. The van der Waals surface area contributed by atoms with Gasteiger partial charge in [0.05, 0.1) is 31.9 Å². The third-order valence-corrected chi connectivity index (χ3v) is 11.1. The molecular weight excluding hydrogens is 739 g/mol. The molecule has 2 heterocycles. The number of hydrogen-bond donors (Lipinski definition) is 0. The van der Waals surface area contributed by atoms with E-state index in [-0.39, 0.29) is 54.0 Å². The van der Waals surface area contributed by atoms with Crippen molar-refractivity contribution in [1.29, 1.82) is 0 Å². The van der Waals surface area contributed by atoms with Gasteiger partial charge in [-0.15, -0.1) is 12.4 Å². The predicted octanol–water partition coefficient (Wildman–Crippen LogP) is 5.44. The van der Waals surface area contributed by atoms with Crippen LogP contribution in [0.4, 0.5) is 4.79 Å². The summed E-state index contributed by atoms with van der Waals surface area (Å²) in [6, 6.07) is 15.9. The first-order valence-electron chi connectivity index (χ1n) is 16.1. The van der Waals surface area contributed by atoms with Crippen LogP contribution in [0.1, 0.15) is 35.7 Å². The number of carbonyl (C=O) groups is 2. The number of amides is 3. The maximum absolute atomic E-state index is 14.9. The Hall–Kier alpha value is -3.59. The number of urea groups is 1. The van der Waals surface area contributed by atoms with Crippen molar-refractivity contribution >= 4 is 63.4 Å². The number of rotatable bonds is 10. The number of hydrogen-bond acceptors (Lipinski definition) is 8. The van der Waals surface area contributed by atoms with Crippen LogP contribution in [-0.2, 0) is 14.8 Å². The van der Waals surface area contributed by atoms with E-state index in [0.717, 1.165) is 15.4 Å². The lowest BCUT2D eigenvalue weighted by Gasteiger charge is -2.39. The molecule has 1 saturated heterocycles. The van der Waals surface area contributed by atoms with Crippen molar-refractivity contribution in [2.45, 2.75) is 23.9 Å². The van der Waals surface area contributed by atoms with E-state index in [4.69, 9.17) is 37.7 Å². The lowest BCUT2D eigenvalue weighted by atomic mass is 9.93. The van der Waals surface area contributed by atoms with Gasteiger partial charge in [-0.3, -0.25) is 19.6 Å². The minimum atomic E-state index is -4.01. The molecule has 0 aromatic heterocycles. The lowest BCUT2D eigenvalue weighted by Crippen LogP contribution is -2.55. The van der Waals surface area contributed by atoms with Crippen molar-refractivity contribution in [3.63, 3.8) is 0 Å². The van der Waals surface area contributed by atoms with E-state index >= 15 is 0 Å². The molecule has 51 heavy (non-hydrogen) atoms. The fourth-order valence-electron chi connectivity index (χ4n) is 5.99. The zero-order chi connectivity index (χ0) is 36.3. The molecule has 16 heteroatoms. The van der Waals surface area contributed by atoms with Crippen LogP contribution in [0.25, 0.3) is 0 Å². The van der Waals surface area contributed by atoms with E-state index in [1.54, 1.807) is 53.1 Å². The number of methoxy groups -OCH3 is 1. The van der Waals surface area contributed by atoms with Gasteiger partial charge < -0.3 is 19.3 Å². The third-order valence-electron chi connectivity index (χ3n) is 8.76. The molecule has 3 aromatic rings. The molecule has 0 unspecified atom stereocenters. The molecule has 0 bridgehead atoms. The molecule has 0 radical (unpaired) electrons. The van der Waals surface area contributed by atoms with Gasteiger partial charge in [-0.1, -0.05) is 47.5 Å². The summed E-state index contributed by atoms with van der Waals surface area (Å²) >= 11 is 12.6. The maximum Gasteiger partial charge on any atom is 0.326 e. The maximum atomic E-state index is 14.9. The Morgan fingerprint density at radius 2 is 1.45 bits per heavy atom. The van der Waals surface area contributed by atoms with Gasteiger partial charge in [0.25, 0.3) is 0 Å². The molecule has 3 amide bonds. The topological polar surface area (TPSA) is 115 Å². The number of sulfonamides is 1. The van der Waals surface area contributed by atoms with Crippen molar-refractivity contribution < 1.29 is 27.5 Å². The normalized spacial score (nSPS) is 17.9. The molecule has 12 nitrogen and oxygen atoms in total. The second-order valence-electron chi connectivity index (χ2n) is 12.4. The van der Waals surface area contributed by atoms with E-state index in [1.165, 1.54) is 33.3 Å². The predicted molar refractivity (Wildman–Crippen MR) is 201 cm³/mol. The highest BCUT2D eigenvalue weighted by molar-refractivity contribution is 7.89. The second kappa shape index (κ2) is 16.8. The number of nitrogens with zero attached hydrogens (tertiary/aromatic N) is 6. The Balaban J connectivity index is 0.00000583. The van der Waals surface area contributed by atoms with Gasteiger partial charge in [0, 0.05) is 70.5 Å². The van der Waals surface area contributed by atoms with Crippen LogP contribution < -0.4 is 9.47 Å². The molecule has 0 spiro atoms. The molecule has 5 rings (SSSR count). The number of ether oxygens (including phenoxy) is 2. The van der Waals surface area contributed by atoms with Crippen molar-refractivity contribution in [3.05, 3.63) is 87.4 Å². The van der Waals surface area contributed by atoms with Crippen LogP contribution in [0.5, 0.6) is 11.5 Å². The molecule has 2 aliphatic heterocycles. The zero-order valence-corrected chi connectivity index (χ0v) is 32.5. The molecule has 0 aliphatic carbocycles. The molecule has 1 fully saturated rings. The van der Waals surface area contributed by atoms with Gasteiger partial charge >= 0.3 is 6.03 Å². The highest BCUT2D eigenvalue weighted by atomic mass is 35.5. The van der Waals surface area contributed by atoms with Crippen molar-refractivity contribution in [3.8, 4) is 11.5 Å². The van der Waals surface area contributed by atoms with Gasteiger partial charge in [-0.2, -0.15) is 0 Å². The smallest absolute Gasteiger partial charge is 0.326 e. The Kier molecular flexibility index (Phi) is 13.3. The summed E-state index contributed by atoms with van der Waals surface area (Å²) in [7, 11) is 3.69. The molecule has 2 atom stereocenters. The summed E-state index contributed by atoms with van der Waals surface area (Å²) in [4.78, 5) is 39.4. The Morgan fingerprint density at radius 3 is 1.96 bits per heavy atom. The average Bonchev–Trinajstić information content (AvgIpc) is 3.49. The highest BCUT2D eigenvalue weighted by Crippen LogP contribution is 2.46. The van der Waals surface area contributed by atoms with Crippen molar-refractivity contribution in [2.24, 2.45) is 4.99 Å². The summed E-state index contributed by atoms with van der Waals surface area (Å²) in [5, 5.41) is 1.08. The van der Waals surface area contributed by atoms with E-state index in [1.807, 2.05) is 36.1 Å². The van der Waals surface area contributed by atoms with E-state index in [0.29, 0.717) is 47.5 Å². The van der Waals surface area contributed by atoms with Crippen LogP contribution in [0.3, 0.4) is 0 Å².